The van der Waals surface area contributed by atoms with Gasteiger partial charge in [-0.3, -0.25) is 9.59 Å². The highest BCUT2D eigenvalue weighted by molar-refractivity contribution is 6.30. The molecule has 2 N–H and O–H groups in total. The van der Waals surface area contributed by atoms with Crippen molar-refractivity contribution in [2.75, 3.05) is 0 Å². The van der Waals surface area contributed by atoms with Crippen molar-refractivity contribution in [3.05, 3.63) is 64.2 Å². The van der Waals surface area contributed by atoms with Crippen LogP contribution in [0.15, 0.2) is 36.4 Å². The van der Waals surface area contributed by atoms with Gasteiger partial charge in [-0.1, -0.05) is 24.3 Å². The maximum atomic E-state index is 12.4. The van der Waals surface area contributed by atoms with Crippen LogP contribution in [0.5, 0.6) is 5.75 Å². The Morgan fingerprint density at radius 2 is 1.50 bits per heavy atom. The lowest BCUT2D eigenvalue weighted by atomic mass is 9.81. The number of hydrogen-bond acceptors (Lipinski definition) is 4. The number of phenolic OH excluding ortho intramolecular Hbond substituents is 1. The second-order valence-corrected chi connectivity index (χ2v) is 4.42. The van der Waals surface area contributed by atoms with Crippen molar-refractivity contribution in [1.29, 1.82) is 0 Å². The van der Waals surface area contributed by atoms with E-state index in [0.717, 1.165) is 12.1 Å². The second kappa shape index (κ2) is 4.03. The molecule has 1 aliphatic rings. The van der Waals surface area contributed by atoms with Crippen LogP contribution in [0, 0.1) is 0 Å². The summed E-state index contributed by atoms with van der Waals surface area (Å²) < 4.78 is 0. The molecule has 0 spiro atoms. The zero-order valence-corrected chi connectivity index (χ0v) is 10.1. The molecule has 0 atom stereocenters. The third-order valence-electron chi connectivity index (χ3n) is 3.24. The van der Waals surface area contributed by atoms with E-state index in [0.29, 0.717) is 0 Å². The first-order chi connectivity index (χ1) is 9.50. The van der Waals surface area contributed by atoms with Gasteiger partial charge in [0.1, 0.15) is 5.75 Å². The Balaban J connectivity index is 2.39. The Kier molecular flexibility index (Phi) is 2.44. The largest absolute Gasteiger partial charge is 0.508 e. The first kappa shape index (κ1) is 12.1. The molecule has 98 valence electrons. The molecule has 0 radical (unpaired) electrons. The summed E-state index contributed by atoms with van der Waals surface area (Å²) in [7, 11) is 0. The van der Waals surface area contributed by atoms with Crippen molar-refractivity contribution in [2.24, 2.45) is 0 Å². The molecule has 1 aliphatic carbocycles. The molecule has 0 aromatic heterocycles. The highest BCUT2D eigenvalue weighted by Crippen LogP contribution is 2.32. The highest BCUT2D eigenvalue weighted by Gasteiger charge is 2.33. The van der Waals surface area contributed by atoms with Gasteiger partial charge in [-0.2, -0.15) is 0 Å². The summed E-state index contributed by atoms with van der Waals surface area (Å²) in [5, 5.41) is 18.7. The van der Waals surface area contributed by atoms with Crippen molar-refractivity contribution >= 4 is 17.5 Å². The van der Waals surface area contributed by atoms with Crippen LogP contribution in [0.1, 0.15) is 42.2 Å². The van der Waals surface area contributed by atoms with Gasteiger partial charge >= 0.3 is 5.97 Å². The predicted molar refractivity (Wildman–Crippen MR) is 68.4 cm³/mol. The number of hydrogen-bond donors (Lipinski definition) is 2. The molecular formula is C15H8O5. The number of carboxylic acids is 1. The van der Waals surface area contributed by atoms with Gasteiger partial charge in [0.15, 0.2) is 11.6 Å². The van der Waals surface area contributed by atoms with Crippen molar-refractivity contribution in [1.82, 2.24) is 0 Å². The lowest BCUT2D eigenvalue weighted by molar-refractivity contribution is 0.0692. The Labute approximate surface area is 113 Å². The topological polar surface area (TPSA) is 91.7 Å². The maximum absolute atomic E-state index is 12.4. The van der Waals surface area contributed by atoms with Gasteiger partial charge in [0.2, 0.25) is 0 Å². The van der Waals surface area contributed by atoms with Gasteiger partial charge in [0.05, 0.1) is 5.56 Å². The quantitative estimate of drug-likeness (QED) is 0.702. The number of carboxylic acid groups (broad SMARTS) is 1. The van der Waals surface area contributed by atoms with Crippen LogP contribution in [0.4, 0.5) is 0 Å². The van der Waals surface area contributed by atoms with Crippen LogP contribution < -0.4 is 0 Å². The van der Waals surface area contributed by atoms with Gasteiger partial charge in [-0.25, -0.2) is 4.79 Å². The number of carbonyl (C=O) groups excluding carboxylic acids is 2. The smallest absolute Gasteiger partial charge is 0.336 e. The zero-order valence-electron chi connectivity index (χ0n) is 10.1. The Hall–Kier alpha value is -2.95. The minimum atomic E-state index is -1.36. The average molecular weight is 268 g/mol. The van der Waals surface area contributed by atoms with E-state index in [4.69, 9.17) is 5.11 Å². The molecule has 0 amide bonds. The molecule has 5 heteroatoms. The Bertz CT molecular complexity index is 789. The van der Waals surface area contributed by atoms with Crippen LogP contribution in [0.3, 0.4) is 0 Å². The molecule has 0 saturated carbocycles. The number of carbonyl (C=O) groups is 3. The molecule has 3 rings (SSSR count). The highest BCUT2D eigenvalue weighted by atomic mass is 16.4. The van der Waals surface area contributed by atoms with E-state index in [1.165, 1.54) is 12.1 Å². The summed E-state index contributed by atoms with van der Waals surface area (Å²) in [6, 6.07) is 8.31. The number of ketones is 2. The molecule has 0 saturated heterocycles. The molecule has 2 aromatic carbocycles. The third kappa shape index (κ3) is 1.53. The normalized spacial score (nSPS) is 12.8. The number of aromatic carboxylic acids is 1. The molecule has 5 nitrogen and oxygen atoms in total. The minimum Gasteiger partial charge on any atom is -0.508 e. The van der Waals surface area contributed by atoms with Crippen molar-refractivity contribution in [3.8, 4) is 5.75 Å². The maximum Gasteiger partial charge on any atom is 0.336 e. The average Bonchev–Trinajstić information content (AvgIpc) is 2.43. The van der Waals surface area contributed by atoms with E-state index >= 15 is 0 Å². The van der Waals surface area contributed by atoms with Crippen LogP contribution in [-0.4, -0.2) is 27.7 Å². The van der Waals surface area contributed by atoms with E-state index in [2.05, 4.69) is 0 Å². The summed E-state index contributed by atoms with van der Waals surface area (Å²) in [5.74, 6) is -2.71. The molecule has 0 aliphatic heterocycles. The van der Waals surface area contributed by atoms with Crippen LogP contribution in [0.2, 0.25) is 0 Å². The summed E-state index contributed by atoms with van der Waals surface area (Å²) in [5.41, 5.74) is -0.219. The molecule has 2 aromatic rings. The molecule has 0 unspecified atom stereocenters. The standard InChI is InChI=1S/C15H8O5/c16-7-5-10-12(11(6-7)15(19)20)14(18)9-4-2-1-3-8(9)13(10)17/h1-6,16H,(H,19,20). The fourth-order valence-corrected chi connectivity index (χ4v) is 2.38. The molecule has 0 fully saturated rings. The summed E-state index contributed by atoms with van der Waals surface area (Å²) in [6.45, 7) is 0. The zero-order chi connectivity index (χ0) is 14.4. The summed E-state index contributed by atoms with van der Waals surface area (Å²) in [6.07, 6.45) is 0. The van der Waals surface area contributed by atoms with E-state index in [9.17, 15) is 19.5 Å². The number of aromatic hydroxyl groups is 1. The van der Waals surface area contributed by atoms with Crippen molar-refractivity contribution in [3.63, 3.8) is 0 Å². The molecule has 0 heterocycles. The first-order valence-electron chi connectivity index (χ1n) is 5.79. The Morgan fingerprint density at radius 3 is 2.10 bits per heavy atom. The molecule has 0 bridgehead atoms. The number of fused-ring (bicyclic) bond motifs is 2. The van der Waals surface area contributed by atoms with Gasteiger partial charge < -0.3 is 10.2 Å². The summed E-state index contributed by atoms with van der Waals surface area (Å²) >= 11 is 0. The van der Waals surface area contributed by atoms with E-state index in [1.54, 1.807) is 12.1 Å². The third-order valence-corrected chi connectivity index (χ3v) is 3.24. The first-order valence-corrected chi connectivity index (χ1v) is 5.79. The fraction of sp³-hybridized carbons (Fsp3) is 0. The number of benzene rings is 2. The van der Waals surface area contributed by atoms with Gasteiger partial charge in [0.25, 0.3) is 0 Å². The minimum absolute atomic E-state index is 0.0777. The fourth-order valence-electron chi connectivity index (χ4n) is 2.38. The monoisotopic (exact) mass is 268 g/mol. The second-order valence-electron chi connectivity index (χ2n) is 4.42. The van der Waals surface area contributed by atoms with Crippen molar-refractivity contribution in [2.45, 2.75) is 0 Å². The number of phenols is 1. The predicted octanol–water partition coefficient (Wildman–Crippen LogP) is 1.87. The van der Waals surface area contributed by atoms with Gasteiger partial charge in [-0.05, 0) is 12.1 Å². The van der Waals surface area contributed by atoms with Crippen LogP contribution in [-0.2, 0) is 0 Å². The summed E-state index contributed by atoms with van der Waals surface area (Å²) in [4.78, 5) is 35.9. The van der Waals surface area contributed by atoms with Crippen LogP contribution >= 0.6 is 0 Å². The van der Waals surface area contributed by atoms with E-state index < -0.39 is 17.5 Å². The van der Waals surface area contributed by atoms with Crippen LogP contribution in [0.25, 0.3) is 0 Å². The Morgan fingerprint density at radius 1 is 0.900 bits per heavy atom. The SMILES string of the molecule is O=C(O)c1cc(O)cc2c1C(=O)c1ccccc1C2=O. The van der Waals surface area contributed by atoms with Gasteiger partial charge in [0, 0.05) is 22.3 Å². The molecular weight excluding hydrogens is 260 g/mol. The molecule has 20 heavy (non-hydrogen) atoms. The lowest BCUT2D eigenvalue weighted by Gasteiger charge is -2.19. The van der Waals surface area contributed by atoms with Gasteiger partial charge in [-0.15, -0.1) is 0 Å². The lowest BCUT2D eigenvalue weighted by Crippen LogP contribution is -2.23. The van der Waals surface area contributed by atoms with E-state index in [1.807, 2.05) is 0 Å². The van der Waals surface area contributed by atoms with Crippen molar-refractivity contribution < 1.29 is 24.6 Å². The number of rotatable bonds is 1. The van der Waals surface area contributed by atoms with E-state index in [-0.39, 0.29) is 33.6 Å².